The summed E-state index contributed by atoms with van der Waals surface area (Å²) in [5.41, 5.74) is 2.34. The van der Waals surface area contributed by atoms with Crippen molar-refractivity contribution < 1.29 is 32.2 Å². The topological polar surface area (TPSA) is 112 Å². The van der Waals surface area contributed by atoms with Crippen LogP contribution in [0.15, 0.2) is 67.0 Å². The predicted molar refractivity (Wildman–Crippen MR) is 169 cm³/mol. The number of carbonyl (C=O) groups excluding carboxylic acids is 2. The number of hydrogen-bond donors (Lipinski definition) is 0. The number of pyridine rings is 1. The van der Waals surface area contributed by atoms with Gasteiger partial charge in [0.1, 0.15) is 0 Å². The Morgan fingerprint density at radius 3 is 2.14 bits per heavy atom. The second-order valence-corrected chi connectivity index (χ2v) is 13.4. The Morgan fingerprint density at radius 1 is 0.909 bits per heavy atom. The molecule has 0 saturated carbocycles. The van der Waals surface area contributed by atoms with E-state index in [9.17, 15) is 18.0 Å². The number of sulfone groups is 1. The van der Waals surface area contributed by atoms with Crippen LogP contribution in [0.2, 0.25) is 0 Å². The first-order chi connectivity index (χ1) is 21.3. The Labute approximate surface area is 260 Å². The second-order valence-electron chi connectivity index (χ2n) is 11.1. The van der Waals surface area contributed by atoms with Gasteiger partial charge in [-0.15, -0.1) is 0 Å². The summed E-state index contributed by atoms with van der Waals surface area (Å²) in [5.74, 6) is -0.810. The number of ketones is 1. The molecule has 236 valence electrons. The summed E-state index contributed by atoms with van der Waals surface area (Å²) >= 11 is 0. The maximum atomic E-state index is 13.9. The number of Topliss-reactive ketones (excluding diaryl/α,β-unsaturated/α-hetero) is 1. The first-order valence-corrected chi connectivity index (χ1v) is 16.8. The summed E-state index contributed by atoms with van der Waals surface area (Å²) in [7, 11) is 0.740. The Kier molecular flexibility index (Phi) is 11.8. The molecule has 44 heavy (non-hydrogen) atoms. The van der Waals surface area contributed by atoms with Gasteiger partial charge in [0.15, 0.2) is 21.3 Å². The van der Waals surface area contributed by atoms with Crippen LogP contribution in [0, 0.1) is 0 Å². The molecule has 1 amide bonds. The van der Waals surface area contributed by atoms with E-state index in [1.165, 1.54) is 43.9 Å². The van der Waals surface area contributed by atoms with E-state index in [1.807, 2.05) is 36.5 Å². The number of methoxy groups -OCH3 is 3. The molecule has 2 atom stereocenters. The molecule has 0 bridgehead atoms. The van der Waals surface area contributed by atoms with Crippen molar-refractivity contribution in [2.75, 3.05) is 33.6 Å². The number of aromatic nitrogens is 1. The van der Waals surface area contributed by atoms with Crippen LogP contribution < -0.4 is 14.2 Å². The van der Waals surface area contributed by atoms with Crippen molar-refractivity contribution in [3.63, 3.8) is 0 Å². The van der Waals surface area contributed by atoms with Gasteiger partial charge in [0, 0.05) is 30.5 Å². The van der Waals surface area contributed by atoms with Gasteiger partial charge >= 0.3 is 0 Å². The Morgan fingerprint density at radius 2 is 1.55 bits per heavy atom. The van der Waals surface area contributed by atoms with E-state index < -0.39 is 32.8 Å². The van der Waals surface area contributed by atoms with Gasteiger partial charge < -0.3 is 19.1 Å². The largest absolute Gasteiger partial charge is 0.493 e. The molecule has 0 aliphatic carbocycles. The quantitative estimate of drug-likeness (QED) is 0.160. The number of amides is 1. The van der Waals surface area contributed by atoms with E-state index >= 15 is 0 Å². The molecule has 1 aromatic heterocycles. The molecule has 3 aromatic rings. The van der Waals surface area contributed by atoms with Crippen molar-refractivity contribution in [2.24, 2.45) is 0 Å². The molecule has 4 rings (SSSR count). The minimum atomic E-state index is -3.58. The molecular formula is C34H42N2O7S. The third-order valence-corrected chi connectivity index (χ3v) is 10.6. The molecule has 1 aliphatic rings. The minimum Gasteiger partial charge on any atom is -0.493 e. The van der Waals surface area contributed by atoms with Gasteiger partial charge in [-0.05, 0) is 80.7 Å². The molecule has 2 heterocycles. The van der Waals surface area contributed by atoms with Crippen LogP contribution in [0.25, 0.3) is 0 Å². The highest BCUT2D eigenvalue weighted by Crippen LogP contribution is 2.38. The van der Waals surface area contributed by atoms with Crippen molar-refractivity contribution in [3.8, 4) is 17.2 Å². The van der Waals surface area contributed by atoms with Crippen molar-refractivity contribution >= 4 is 21.5 Å². The van der Waals surface area contributed by atoms with Crippen molar-refractivity contribution in [3.05, 3.63) is 83.7 Å². The zero-order valence-electron chi connectivity index (χ0n) is 25.7. The highest BCUT2D eigenvalue weighted by Gasteiger charge is 2.38. The van der Waals surface area contributed by atoms with E-state index in [2.05, 4.69) is 17.1 Å². The SMILES string of the molecule is COc1cc(C(=O)C(=O)N2CCC[C@H]2CS(=O)(=O)C(CCCc2ccccc2)CCCc2cccnc2)cc(OC)c1OC. The van der Waals surface area contributed by atoms with Crippen LogP contribution in [0.4, 0.5) is 0 Å². The molecule has 9 nitrogen and oxygen atoms in total. The standard InChI is InChI=1S/C34H42N2O7S/c1-41-30-21-27(22-31(42-2)33(30)43-3)32(37)34(38)36-20-10-16-28(36)24-44(39,40)29(17-7-13-25-11-5-4-6-12-25)18-8-14-26-15-9-19-35-23-26/h4-6,9,11-12,15,19,21-23,28-29H,7-8,10,13-14,16-18,20,24H2,1-3H3/t28-,29?/m0/s1. The van der Waals surface area contributed by atoms with Crippen molar-refractivity contribution in [1.29, 1.82) is 0 Å². The fourth-order valence-electron chi connectivity index (χ4n) is 5.91. The highest BCUT2D eigenvalue weighted by atomic mass is 32.2. The minimum absolute atomic E-state index is 0.0900. The van der Waals surface area contributed by atoms with Gasteiger partial charge in [-0.2, -0.15) is 0 Å². The third kappa shape index (κ3) is 8.37. The number of likely N-dealkylation sites (tertiary alicyclic amines) is 1. The molecule has 10 heteroatoms. The maximum Gasteiger partial charge on any atom is 0.295 e. The van der Waals surface area contributed by atoms with Crippen LogP contribution in [0.3, 0.4) is 0 Å². The fraction of sp³-hybridized carbons (Fsp3) is 0.441. The van der Waals surface area contributed by atoms with Crippen LogP contribution >= 0.6 is 0 Å². The fourth-order valence-corrected chi connectivity index (χ4v) is 8.12. The Bertz CT molecular complexity index is 1430. The lowest BCUT2D eigenvalue weighted by Gasteiger charge is -2.26. The summed E-state index contributed by atoms with van der Waals surface area (Å²) in [5, 5.41) is -0.536. The van der Waals surface area contributed by atoms with E-state index in [4.69, 9.17) is 14.2 Å². The smallest absolute Gasteiger partial charge is 0.295 e. The van der Waals surface area contributed by atoms with Gasteiger partial charge in [-0.25, -0.2) is 8.42 Å². The van der Waals surface area contributed by atoms with Gasteiger partial charge in [0.2, 0.25) is 5.75 Å². The van der Waals surface area contributed by atoms with Crippen LogP contribution in [-0.2, 0) is 27.5 Å². The number of ether oxygens (including phenoxy) is 3. The normalized spacial score (nSPS) is 15.5. The van der Waals surface area contributed by atoms with Gasteiger partial charge in [-0.3, -0.25) is 14.6 Å². The highest BCUT2D eigenvalue weighted by molar-refractivity contribution is 7.92. The van der Waals surface area contributed by atoms with Gasteiger partial charge in [0.05, 0.1) is 32.3 Å². The zero-order valence-corrected chi connectivity index (χ0v) is 26.6. The monoisotopic (exact) mass is 622 g/mol. The molecule has 1 aliphatic heterocycles. The first-order valence-electron chi connectivity index (χ1n) is 15.1. The van der Waals surface area contributed by atoms with Crippen LogP contribution in [0.1, 0.15) is 60.0 Å². The zero-order chi connectivity index (χ0) is 31.5. The van der Waals surface area contributed by atoms with E-state index in [0.29, 0.717) is 44.4 Å². The Hall–Kier alpha value is -3.92. The van der Waals surface area contributed by atoms with Crippen LogP contribution in [-0.4, -0.2) is 74.9 Å². The Balaban J connectivity index is 1.47. The lowest BCUT2D eigenvalue weighted by atomic mass is 10.0. The van der Waals surface area contributed by atoms with Gasteiger partial charge in [0.25, 0.3) is 11.7 Å². The summed E-state index contributed by atoms with van der Waals surface area (Å²) in [6, 6.07) is 16.3. The summed E-state index contributed by atoms with van der Waals surface area (Å²) in [6.45, 7) is 0.328. The number of benzene rings is 2. The van der Waals surface area contributed by atoms with Crippen molar-refractivity contribution in [2.45, 2.75) is 62.7 Å². The molecule has 0 spiro atoms. The lowest BCUT2D eigenvalue weighted by Crippen LogP contribution is -2.44. The summed E-state index contributed by atoms with van der Waals surface area (Å²) in [6.07, 6.45) is 8.76. The molecular weight excluding hydrogens is 580 g/mol. The first kappa shape index (κ1) is 33.0. The number of hydrogen-bond acceptors (Lipinski definition) is 8. The molecule has 2 aromatic carbocycles. The second kappa shape index (κ2) is 15.7. The van der Waals surface area contributed by atoms with Crippen LogP contribution in [0.5, 0.6) is 17.2 Å². The summed E-state index contributed by atoms with van der Waals surface area (Å²) < 4.78 is 43.9. The molecule has 1 saturated heterocycles. The molecule has 1 fully saturated rings. The van der Waals surface area contributed by atoms with Gasteiger partial charge in [-0.1, -0.05) is 36.4 Å². The lowest BCUT2D eigenvalue weighted by molar-refractivity contribution is -0.126. The average molecular weight is 623 g/mol. The number of aryl methyl sites for hydroxylation is 2. The van der Waals surface area contributed by atoms with E-state index in [-0.39, 0.29) is 22.8 Å². The van der Waals surface area contributed by atoms with E-state index in [0.717, 1.165) is 24.8 Å². The van der Waals surface area contributed by atoms with E-state index in [1.54, 1.807) is 6.20 Å². The third-order valence-electron chi connectivity index (χ3n) is 8.24. The average Bonchev–Trinajstić information content (AvgIpc) is 3.50. The number of nitrogens with zero attached hydrogens (tertiary/aromatic N) is 2. The molecule has 0 N–H and O–H groups in total. The van der Waals surface area contributed by atoms with Crippen molar-refractivity contribution in [1.82, 2.24) is 9.88 Å². The summed E-state index contributed by atoms with van der Waals surface area (Å²) in [4.78, 5) is 32.5. The molecule has 1 unspecified atom stereocenters. The number of rotatable bonds is 16. The maximum absolute atomic E-state index is 13.9. The number of carbonyl (C=O) groups is 2. The molecule has 0 radical (unpaired) electrons. The predicted octanol–water partition coefficient (Wildman–Crippen LogP) is 5.11.